The van der Waals surface area contributed by atoms with Gasteiger partial charge < -0.3 is 28.8 Å². The quantitative estimate of drug-likeness (QED) is 0.284. The lowest BCUT2D eigenvalue weighted by Crippen LogP contribution is -2.55. The third kappa shape index (κ3) is 8.98. The minimum absolute atomic E-state index is 0.472. The monoisotopic (exact) mass is 389 g/mol. The van der Waals surface area contributed by atoms with Crippen molar-refractivity contribution in [3.05, 3.63) is 0 Å². The summed E-state index contributed by atoms with van der Waals surface area (Å²) in [4.78, 5) is 45.3. The third-order valence-corrected chi connectivity index (χ3v) is 3.10. The molecule has 0 heterocycles. The van der Waals surface area contributed by atoms with Gasteiger partial charge in [-0.2, -0.15) is 5.26 Å². The molecule has 0 aliphatic rings. The van der Waals surface area contributed by atoms with Gasteiger partial charge in [-0.05, 0) is 0 Å². The second-order valence-corrected chi connectivity index (χ2v) is 5.37. The number of carbonyl (C=O) groups excluding carboxylic acids is 4. The van der Waals surface area contributed by atoms with Crippen molar-refractivity contribution in [3.8, 4) is 6.07 Å². The number of ether oxygens (including phenoxy) is 5. The number of aliphatic hydroxyl groups excluding tert-OH is 1. The van der Waals surface area contributed by atoms with Crippen LogP contribution in [0.3, 0.4) is 0 Å². The zero-order chi connectivity index (χ0) is 21.1. The SMILES string of the molecule is CO[C@@H]([C@H](OC(C)=O)[C@@H](OC(C)=O)C(O)C#N)[C@@H](COC(C)=O)OC(C)=O. The molecular formula is C16H23NO10. The van der Waals surface area contributed by atoms with Crippen LogP contribution in [0.15, 0.2) is 0 Å². The average molecular weight is 389 g/mol. The number of hydrogen-bond acceptors (Lipinski definition) is 11. The maximum atomic E-state index is 11.5. The smallest absolute Gasteiger partial charge is 0.303 e. The molecule has 5 atom stereocenters. The molecule has 0 aromatic rings. The Hall–Kier alpha value is -2.71. The van der Waals surface area contributed by atoms with Gasteiger partial charge in [0.05, 0.1) is 6.07 Å². The van der Waals surface area contributed by atoms with Gasteiger partial charge in [0, 0.05) is 34.8 Å². The summed E-state index contributed by atoms with van der Waals surface area (Å²) in [5.41, 5.74) is 0. The van der Waals surface area contributed by atoms with Crippen molar-refractivity contribution < 1.29 is 48.0 Å². The Morgan fingerprint density at radius 2 is 1.33 bits per heavy atom. The summed E-state index contributed by atoms with van der Waals surface area (Å²) in [6, 6.07) is 1.47. The van der Waals surface area contributed by atoms with E-state index in [1.807, 2.05) is 0 Å². The van der Waals surface area contributed by atoms with E-state index in [-0.39, 0.29) is 0 Å². The van der Waals surface area contributed by atoms with Crippen LogP contribution >= 0.6 is 0 Å². The number of aliphatic hydroxyl groups is 1. The van der Waals surface area contributed by atoms with Gasteiger partial charge in [0.2, 0.25) is 0 Å². The first-order valence-corrected chi connectivity index (χ1v) is 7.78. The van der Waals surface area contributed by atoms with E-state index in [1.165, 1.54) is 6.07 Å². The van der Waals surface area contributed by atoms with Crippen molar-refractivity contribution in [1.29, 1.82) is 5.26 Å². The van der Waals surface area contributed by atoms with Crippen LogP contribution < -0.4 is 0 Å². The molecule has 0 spiro atoms. The fraction of sp³-hybridized carbons (Fsp3) is 0.688. The number of nitriles is 1. The molecule has 0 radical (unpaired) electrons. The molecule has 0 amide bonds. The van der Waals surface area contributed by atoms with Crippen LogP contribution in [0.1, 0.15) is 27.7 Å². The lowest BCUT2D eigenvalue weighted by Gasteiger charge is -2.35. The Labute approximate surface area is 156 Å². The van der Waals surface area contributed by atoms with Crippen LogP contribution in [0, 0.1) is 11.3 Å². The van der Waals surface area contributed by atoms with Crippen LogP contribution in [0.5, 0.6) is 0 Å². The van der Waals surface area contributed by atoms with Crippen molar-refractivity contribution in [2.45, 2.75) is 58.2 Å². The van der Waals surface area contributed by atoms with E-state index in [2.05, 4.69) is 0 Å². The van der Waals surface area contributed by atoms with Crippen molar-refractivity contribution >= 4 is 23.9 Å². The van der Waals surface area contributed by atoms with Gasteiger partial charge in [-0.1, -0.05) is 0 Å². The molecule has 11 heteroatoms. The van der Waals surface area contributed by atoms with E-state index in [0.717, 1.165) is 34.8 Å². The predicted octanol–water partition coefficient (Wildman–Crippen LogP) is -0.756. The van der Waals surface area contributed by atoms with Crippen molar-refractivity contribution in [1.82, 2.24) is 0 Å². The fourth-order valence-electron chi connectivity index (χ4n) is 2.20. The van der Waals surface area contributed by atoms with Gasteiger partial charge in [-0.3, -0.25) is 19.2 Å². The summed E-state index contributed by atoms with van der Waals surface area (Å²) in [7, 11) is 1.16. The molecule has 11 nitrogen and oxygen atoms in total. The van der Waals surface area contributed by atoms with Gasteiger partial charge in [-0.15, -0.1) is 0 Å². The van der Waals surface area contributed by atoms with Crippen LogP contribution in [0.2, 0.25) is 0 Å². The summed E-state index contributed by atoms with van der Waals surface area (Å²) < 4.78 is 25.1. The van der Waals surface area contributed by atoms with Crippen LogP contribution in [0.25, 0.3) is 0 Å². The van der Waals surface area contributed by atoms with Gasteiger partial charge >= 0.3 is 23.9 Å². The number of rotatable bonds is 10. The van der Waals surface area contributed by atoms with Crippen molar-refractivity contribution in [3.63, 3.8) is 0 Å². The molecule has 0 aromatic heterocycles. The molecule has 0 saturated carbocycles. The lowest BCUT2D eigenvalue weighted by molar-refractivity contribution is -0.202. The van der Waals surface area contributed by atoms with Gasteiger partial charge in [-0.25, -0.2) is 0 Å². The molecular weight excluding hydrogens is 366 g/mol. The van der Waals surface area contributed by atoms with E-state index in [9.17, 15) is 24.3 Å². The van der Waals surface area contributed by atoms with Gasteiger partial charge in [0.1, 0.15) is 12.7 Å². The number of nitrogens with zero attached hydrogens (tertiary/aromatic N) is 1. The lowest BCUT2D eigenvalue weighted by atomic mass is 9.98. The maximum absolute atomic E-state index is 11.5. The molecule has 0 fully saturated rings. The van der Waals surface area contributed by atoms with E-state index in [4.69, 9.17) is 28.9 Å². The first kappa shape index (κ1) is 24.3. The Morgan fingerprint density at radius 1 is 0.852 bits per heavy atom. The first-order valence-electron chi connectivity index (χ1n) is 7.78. The Kier molecular flexibility index (Phi) is 10.6. The molecule has 0 bridgehead atoms. The minimum atomic E-state index is -1.89. The van der Waals surface area contributed by atoms with Crippen molar-refractivity contribution in [2.75, 3.05) is 13.7 Å². The van der Waals surface area contributed by atoms with Gasteiger partial charge in [0.15, 0.2) is 24.4 Å². The normalized spacial score (nSPS) is 15.9. The molecule has 152 valence electrons. The largest absolute Gasteiger partial charge is 0.462 e. The van der Waals surface area contributed by atoms with E-state index < -0.39 is 61.0 Å². The van der Waals surface area contributed by atoms with Crippen LogP contribution in [-0.4, -0.2) is 73.2 Å². The third-order valence-electron chi connectivity index (χ3n) is 3.10. The molecule has 1 unspecified atom stereocenters. The second kappa shape index (κ2) is 11.8. The molecule has 0 aliphatic heterocycles. The number of carbonyl (C=O) groups is 4. The number of hydrogen-bond donors (Lipinski definition) is 1. The average Bonchev–Trinajstić information content (AvgIpc) is 2.55. The summed E-state index contributed by atoms with van der Waals surface area (Å²) >= 11 is 0. The highest BCUT2D eigenvalue weighted by atomic mass is 16.6. The topological polar surface area (TPSA) is 158 Å². The zero-order valence-electron chi connectivity index (χ0n) is 15.7. The summed E-state index contributed by atoms with van der Waals surface area (Å²) in [5.74, 6) is -3.16. The van der Waals surface area contributed by atoms with Crippen LogP contribution in [0.4, 0.5) is 0 Å². The van der Waals surface area contributed by atoms with Gasteiger partial charge in [0.25, 0.3) is 0 Å². The molecule has 0 aliphatic carbocycles. The summed E-state index contributed by atoms with van der Waals surface area (Å²) in [6.07, 6.45) is -7.72. The molecule has 0 rings (SSSR count). The van der Waals surface area contributed by atoms with Crippen LogP contribution in [-0.2, 0) is 42.9 Å². The summed E-state index contributed by atoms with van der Waals surface area (Å²) in [5, 5.41) is 18.9. The number of methoxy groups -OCH3 is 1. The van der Waals surface area contributed by atoms with Crippen molar-refractivity contribution in [2.24, 2.45) is 0 Å². The zero-order valence-corrected chi connectivity index (χ0v) is 15.7. The first-order chi connectivity index (χ1) is 12.5. The Morgan fingerprint density at radius 3 is 1.70 bits per heavy atom. The highest BCUT2D eigenvalue weighted by Crippen LogP contribution is 2.21. The molecule has 1 N–H and O–H groups in total. The Balaban J connectivity index is 5.96. The minimum Gasteiger partial charge on any atom is -0.462 e. The fourth-order valence-corrected chi connectivity index (χ4v) is 2.20. The van der Waals surface area contributed by atoms with E-state index >= 15 is 0 Å². The Bertz CT molecular complexity index is 584. The second-order valence-electron chi connectivity index (χ2n) is 5.37. The predicted molar refractivity (Wildman–Crippen MR) is 85.7 cm³/mol. The molecule has 0 saturated heterocycles. The summed E-state index contributed by atoms with van der Waals surface area (Å²) in [6.45, 7) is 3.79. The highest BCUT2D eigenvalue weighted by molar-refractivity contribution is 5.68. The maximum Gasteiger partial charge on any atom is 0.303 e. The van der Waals surface area contributed by atoms with E-state index in [1.54, 1.807) is 0 Å². The number of esters is 4. The highest BCUT2D eigenvalue weighted by Gasteiger charge is 2.44. The molecule has 0 aromatic carbocycles. The van der Waals surface area contributed by atoms with E-state index in [0.29, 0.717) is 0 Å². The standard InChI is InChI=1S/C16H23NO10/c1-8(18)24-7-13(25-9(2)19)15(23-5)16(27-11(4)21)14(12(22)6-17)26-10(3)20/h12-16,22H,7H2,1-5H3/t12?,13-,14+,15-,16-/m1/s1. The molecule has 27 heavy (non-hydrogen) atoms.